The van der Waals surface area contributed by atoms with E-state index in [0.717, 1.165) is 0 Å². The number of hydrogen-bond acceptors (Lipinski definition) is 1. The third-order valence-corrected chi connectivity index (χ3v) is 0.379. The summed E-state index contributed by atoms with van der Waals surface area (Å²) in [4.78, 5) is 0. The quantitative estimate of drug-likeness (QED) is 0.482. The minimum atomic E-state index is 0. The minimum absolute atomic E-state index is 0. The SMILES string of the molecule is [Zn].[c]1ccco1. The molecule has 1 heterocycles. The van der Waals surface area contributed by atoms with Gasteiger partial charge in [-0.05, 0) is 12.1 Å². The van der Waals surface area contributed by atoms with Crippen molar-refractivity contribution in [2.45, 2.75) is 0 Å². The van der Waals surface area contributed by atoms with Gasteiger partial charge in [0, 0.05) is 19.5 Å². The van der Waals surface area contributed by atoms with E-state index < -0.39 is 0 Å². The maximum absolute atomic E-state index is 4.46. The van der Waals surface area contributed by atoms with Crippen LogP contribution in [-0.2, 0) is 19.5 Å². The van der Waals surface area contributed by atoms with Crippen LogP contribution in [0.25, 0.3) is 0 Å². The molecule has 0 fully saturated rings. The fourth-order valence-electron chi connectivity index (χ4n) is 0.196. The molecule has 0 saturated carbocycles. The third-order valence-electron chi connectivity index (χ3n) is 0.379. The van der Waals surface area contributed by atoms with Gasteiger partial charge in [0.2, 0.25) is 0 Å². The predicted molar refractivity (Wildman–Crippen MR) is 17.5 cm³/mol. The summed E-state index contributed by atoms with van der Waals surface area (Å²) in [6.45, 7) is 0. The van der Waals surface area contributed by atoms with Crippen LogP contribution in [0, 0.1) is 6.26 Å². The number of rotatable bonds is 0. The van der Waals surface area contributed by atoms with Gasteiger partial charge in [0.05, 0.1) is 6.26 Å². The summed E-state index contributed by atoms with van der Waals surface area (Å²) in [7, 11) is 0. The van der Waals surface area contributed by atoms with E-state index in [1.807, 2.05) is 0 Å². The first-order chi connectivity index (χ1) is 2.50. The maximum Gasteiger partial charge on any atom is 0.169 e. The zero-order valence-corrected chi connectivity index (χ0v) is 6.31. The monoisotopic (exact) mass is 131 g/mol. The molecule has 0 saturated heterocycles. The van der Waals surface area contributed by atoms with Crippen molar-refractivity contribution in [1.82, 2.24) is 0 Å². The molecule has 0 aromatic carbocycles. The van der Waals surface area contributed by atoms with Crippen molar-refractivity contribution in [1.29, 1.82) is 0 Å². The smallest absolute Gasteiger partial charge is 0.169 e. The Balaban J connectivity index is 0.000000250. The summed E-state index contributed by atoms with van der Waals surface area (Å²) >= 11 is 0. The van der Waals surface area contributed by atoms with Gasteiger partial charge in [-0.1, -0.05) is 0 Å². The summed E-state index contributed by atoms with van der Waals surface area (Å²) in [6, 6.07) is 3.49. The Morgan fingerprint density at radius 1 is 1.50 bits per heavy atom. The molecule has 27 valence electrons. The summed E-state index contributed by atoms with van der Waals surface area (Å²) < 4.78 is 4.46. The van der Waals surface area contributed by atoms with E-state index in [1.165, 1.54) is 0 Å². The Morgan fingerprint density at radius 2 is 2.33 bits per heavy atom. The standard InChI is InChI=1S/C4H3O.Zn/c1-2-4-5-3-1;/h1-3H;. The van der Waals surface area contributed by atoms with E-state index in [4.69, 9.17) is 0 Å². The molecular weight excluding hydrogens is 129 g/mol. The molecule has 0 unspecified atom stereocenters. The van der Waals surface area contributed by atoms with Crippen molar-refractivity contribution in [3.05, 3.63) is 24.7 Å². The normalized spacial score (nSPS) is 6.67. The zero-order chi connectivity index (χ0) is 3.54. The Bertz CT molecular complexity index is 64.0. The topological polar surface area (TPSA) is 13.1 Å². The Labute approximate surface area is 49.1 Å². The molecule has 1 aromatic heterocycles. The van der Waals surface area contributed by atoms with Crippen molar-refractivity contribution in [3.63, 3.8) is 0 Å². The van der Waals surface area contributed by atoms with Crippen LogP contribution in [0.1, 0.15) is 0 Å². The van der Waals surface area contributed by atoms with E-state index in [-0.39, 0.29) is 19.5 Å². The van der Waals surface area contributed by atoms with Crippen molar-refractivity contribution >= 4 is 0 Å². The van der Waals surface area contributed by atoms with E-state index in [1.54, 1.807) is 18.4 Å². The van der Waals surface area contributed by atoms with Crippen LogP contribution >= 0.6 is 0 Å². The molecule has 6 heavy (non-hydrogen) atoms. The molecule has 2 heteroatoms. The third kappa shape index (κ3) is 1.37. The van der Waals surface area contributed by atoms with E-state index >= 15 is 0 Å². The van der Waals surface area contributed by atoms with Crippen molar-refractivity contribution in [3.8, 4) is 0 Å². The van der Waals surface area contributed by atoms with Gasteiger partial charge in [-0.15, -0.1) is 0 Å². The second-order valence-corrected chi connectivity index (χ2v) is 0.731. The van der Waals surface area contributed by atoms with Crippen molar-refractivity contribution in [2.24, 2.45) is 0 Å². The zero-order valence-electron chi connectivity index (χ0n) is 3.35. The van der Waals surface area contributed by atoms with Crippen molar-refractivity contribution < 1.29 is 23.9 Å². The molecule has 0 bridgehead atoms. The van der Waals surface area contributed by atoms with Gasteiger partial charge in [-0.25, -0.2) is 0 Å². The Morgan fingerprint density at radius 3 is 2.50 bits per heavy atom. The first-order valence-corrected chi connectivity index (χ1v) is 1.40. The van der Waals surface area contributed by atoms with Gasteiger partial charge in [0.25, 0.3) is 0 Å². The maximum atomic E-state index is 4.46. The molecule has 1 rings (SSSR count). The molecule has 0 aliphatic rings. The average Bonchev–Trinajstić information content (AvgIpc) is 1.76. The largest absolute Gasteiger partial charge is 0.461 e. The first kappa shape index (κ1) is 5.90. The van der Waals surface area contributed by atoms with E-state index in [0.29, 0.717) is 0 Å². The predicted octanol–water partition coefficient (Wildman–Crippen LogP) is 1.08. The molecular formula is C4H3OZn. The van der Waals surface area contributed by atoms with Gasteiger partial charge >= 0.3 is 0 Å². The fraction of sp³-hybridized carbons (Fsp3) is 0. The van der Waals surface area contributed by atoms with Gasteiger partial charge in [-0.3, -0.25) is 0 Å². The average molecular weight is 132 g/mol. The van der Waals surface area contributed by atoms with Gasteiger partial charge in [0.1, 0.15) is 0 Å². The molecule has 1 aromatic rings. The molecule has 0 aliphatic heterocycles. The van der Waals surface area contributed by atoms with Gasteiger partial charge in [-0.2, -0.15) is 0 Å². The van der Waals surface area contributed by atoms with Crippen molar-refractivity contribution in [2.75, 3.05) is 0 Å². The Kier molecular flexibility index (Phi) is 3.06. The van der Waals surface area contributed by atoms with E-state index in [2.05, 4.69) is 10.7 Å². The molecule has 1 nitrogen and oxygen atoms in total. The second kappa shape index (κ2) is 3.11. The van der Waals surface area contributed by atoms with Crippen LogP contribution in [0.2, 0.25) is 0 Å². The van der Waals surface area contributed by atoms with E-state index in [9.17, 15) is 0 Å². The molecule has 1 radical (unpaired) electrons. The molecule has 0 amide bonds. The second-order valence-electron chi connectivity index (χ2n) is 0.731. The summed E-state index contributed by atoms with van der Waals surface area (Å²) in [5.74, 6) is 0. The van der Waals surface area contributed by atoms with Crippen LogP contribution in [0.5, 0.6) is 0 Å². The fourth-order valence-corrected chi connectivity index (χ4v) is 0.196. The first-order valence-electron chi connectivity index (χ1n) is 1.40. The Hall–Kier alpha value is -0.0966. The molecule has 0 atom stereocenters. The van der Waals surface area contributed by atoms with Crippen LogP contribution in [0.4, 0.5) is 0 Å². The van der Waals surface area contributed by atoms with Gasteiger partial charge in [0.15, 0.2) is 6.26 Å². The van der Waals surface area contributed by atoms with Crippen LogP contribution < -0.4 is 0 Å². The molecule has 0 N–H and O–H groups in total. The summed E-state index contributed by atoms with van der Waals surface area (Å²) in [5.41, 5.74) is 0. The molecule has 0 spiro atoms. The van der Waals surface area contributed by atoms with Crippen LogP contribution in [0.15, 0.2) is 22.8 Å². The minimum Gasteiger partial charge on any atom is -0.461 e. The molecule has 0 aliphatic carbocycles. The van der Waals surface area contributed by atoms with Gasteiger partial charge < -0.3 is 4.42 Å². The number of furan rings is 1. The summed E-state index contributed by atoms with van der Waals surface area (Å²) in [6.07, 6.45) is 4.06. The number of hydrogen-bond donors (Lipinski definition) is 0. The van der Waals surface area contributed by atoms with Crippen LogP contribution in [0.3, 0.4) is 0 Å². The van der Waals surface area contributed by atoms with Crippen LogP contribution in [-0.4, -0.2) is 0 Å². The summed E-state index contributed by atoms with van der Waals surface area (Å²) in [5, 5.41) is 0.